The first-order valence-electron chi connectivity index (χ1n) is 9.88. The SMILES string of the molecule is C[C@@H](O)[C@@H]1N[C@@]2(C(=O)Nc3ccc(Br)cc32)[C@H]2C(=O)N(C[C@@H]3CCCO3)C(=O)[C@@H]12. The Bertz CT molecular complexity index is 915. The molecule has 4 aliphatic heterocycles. The zero-order valence-electron chi connectivity index (χ0n) is 15.9. The van der Waals surface area contributed by atoms with E-state index in [-0.39, 0.29) is 30.4 Å². The summed E-state index contributed by atoms with van der Waals surface area (Å²) in [6, 6.07) is 4.66. The van der Waals surface area contributed by atoms with Gasteiger partial charge >= 0.3 is 0 Å². The molecule has 0 aromatic heterocycles. The summed E-state index contributed by atoms with van der Waals surface area (Å²) in [4.78, 5) is 41.2. The number of nitrogens with zero attached hydrogens (tertiary/aromatic N) is 1. The summed E-state index contributed by atoms with van der Waals surface area (Å²) >= 11 is 3.43. The van der Waals surface area contributed by atoms with Gasteiger partial charge < -0.3 is 15.2 Å². The number of amides is 3. The molecule has 29 heavy (non-hydrogen) atoms. The molecule has 6 atom stereocenters. The van der Waals surface area contributed by atoms with Crippen LogP contribution in [0.4, 0.5) is 5.69 Å². The zero-order chi connectivity index (χ0) is 20.5. The fourth-order valence-electron chi connectivity index (χ4n) is 5.35. The highest BCUT2D eigenvalue weighted by Crippen LogP contribution is 2.53. The predicted molar refractivity (Wildman–Crippen MR) is 106 cm³/mol. The normalized spacial score (nSPS) is 36.7. The van der Waals surface area contributed by atoms with Gasteiger partial charge in [-0.3, -0.25) is 24.6 Å². The monoisotopic (exact) mass is 463 g/mol. The number of hydrogen-bond acceptors (Lipinski definition) is 6. The lowest BCUT2D eigenvalue weighted by Gasteiger charge is -2.30. The second kappa shape index (κ2) is 6.60. The average Bonchev–Trinajstić information content (AvgIpc) is 3.41. The van der Waals surface area contributed by atoms with E-state index < -0.39 is 29.5 Å². The van der Waals surface area contributed by atoms with Crippen LogP contribution in [-0.4, -0.2) is 59.1 Å². The van der Waals surface area contributed by atoms with Crippen LogP contribution in [0.15, 0.2) is 22.7 Å². The molecule has 0 bridgehead atoms. The number of ether oxygens (including phenoxy) is 1. The number of hydrogen-bond donors (Lipinski definition) is 3. The van der Waals surface area contributed by atoms with Gasteiger partial charge in [0.15, 0.2) is 0 Å². The Kier molecular flexibility index (Phi) is 4.36. The standard InChI is InChI=1S/C20H22BrN3O5/c1-9(25)16-14-15(18(27)24(17(14)26)8-11-3-2-6-29-11)20(23-16)12-7-10(21)4-5-13(12)22-19(20)28/h4-5,7,9,11,14-16,23,25H,2-3,6,8H2,1H3,(H,22,28)/t9-,11+,14-,15-,16+,20-/m1/s1. The van der Waals surface area contributed by atoms with Gasteiger partial charge in [0.25, 0.3) is 0 Å². The molecule has 3 amide bonds. The van der Waals surface area contributed by atoms with Crippen molar-refractivity contribution >= 4 is 39.3 Å². The Balaban J connectivity index is 1.61. The molecule has 3 fully saturated rings. The minimum absolute atomic E-state index is 0.172. The number of carbonyl (C=O) groups is 3. The molecule has 0 saturated carbocycles. The van der Waals surface area contributed by atoms with Gasteiger partial charge in [0.1, 0.15) is 5.54 Å². The van der Waals surface area contributed by atoms with Crippen molar-refractivity contribution in [3.05, 3.63) is 28.2 Å². The lowest BCUT2D eigenvalue weighted by molar-refractivity contribution is -0.144. The number of rotatable bonds is 3. The fourth-order valence-corrected chi connectivity index (χ4v) is 5.71. The third-order valence-electron chi connectivity index (χ3n) is 6.63. The van der Waals surface area contributed by atoms with Crippen molar-refractivity contribution in [1.29, 1.82) is 0 Å². The largest absolute Gasteiger partial charge is 0.392 e. The van der Waals surface area contributed by atoms with Crippen molar-refractivity contribution in [3.63, 3.8) is 0 Å². The molecule has 4 aliphatic rings. The van der Waals surface area contributed by atoms with Crippen LogP contribution in [0.1, 0.15) is 25.3 Å². The highest BCUT2D eigenvalue weighted by Gasteiger charge is 2.71. The zero-order valence-corrected chi connectivity index (χ0v) is 17.4. The summed E-state index contributed by atoms with van der Waals surface area (Å²) in [5.74, 6) is -2.81. The number of carbonyl (C=O) groups excluding carboxylic acids is 3. The molecule has 0 aliphatic carbocycles. The molecule has 5 rings (SSSR count). The highest BCUT2D eigenvalue weighted by atomic mass is 79.9. The maximum absolute atomic E-state index is 13.5. The third-order valence-corrected chi connectivity index (χ3v) is 7.13. The van der Waals surface area contributed by atoms with Gasteiger partial charge in [-0.25, -0.2) is 0 Å². The first-order chi connectivity index (χ1) is 13.8. The van der Waals surface area contributed by atoms with Crippen molar-refractivity contribution in [3.8, 4) is 0 Å². The minimum Gasteiger partial charge on any atom is -0.392 e. The van der Waals surface area contributed by atoms with Gasteiger partial charge in [-0.2, -0.15) is 0 Å². The molecule has 3 N–H and O–H groups in total. The van der Waals surface area contributed by atoms with Crippen LogP contribution in [0.2, 0.25) is 0 Å². The molecule has 3 saturated heterocycles. The van der Waals surface area contributed by atoms with Crippen LogP contribution >= 0.6 is 15.9 Å². The van der Waals surface area contributed by atoms with E-state index in [1.165, 1.54) is 4.90 Å². The van der Waals surface area contributed by atoms with E-state index in [0.717, 1.165) is 17.3 Å². The molecule has 8 nitrogen and oxygen atoms in total. The van der Waals surface area contributed by atoms with Gasteiger partial charge in [0.2, 0.25) is 17.7 Å². The minimum atomic E-state index is -1.39. The molecular weight excluding hydrogens is 442 g/mol. The summed E-state index contributed by atoms with van der Waals surface area (Å²) in [7, 11) is 0. The summed E-state index contributed by atoms with van der Waals surface area (Å²) < 4.78 is 6.38. The molecule has 1 aromatic rings. The number of imide groups is 1. The van der Waals surface area contributed by atoms with Crippen molar-refractivity contribution < 1.29 is 24.2 Å². The van der Waals surface area contributed by atoms with E-state index >= 15 is 0 Å². The van der Waals surface area contributed by atoms with E-state index in [4.69, 9.17) is 4.74 Å². The first kappa shape index (κ1) is 19.2. The lowest BCUT2D eigenvalue weighted by Crippen LogP contribution is -2.55. The molecule has 0 radical (unpaired) electrons. The fraction of sp³-hybridized carbons (Fsp3) is 0.550. The smallest absolute Gasteiger partial charge is 0.250 e. The van der Waals surface area contributed by atoms with Gasteiger partial charge in [-0.05, 0) is 38.0 Å². The summed E-state index contributed by atoms with van der Waals surface area (Å²) in [6.45, 7) is 2.39. The van der Waals surface area contributed by atoms with Crippen molar-refractivity contribution in [2.45, 2.75) is 43.6 Å². The van der Waals surface area contributed by atoms with Crippen LogP contribution in [0.3, 0.4) is 0 Å². The summed E-state index contributed by atoms with van der Waals surface area (Å²) in [6.07, 6.45) is 0.616. The highest BCUT2D eigenvalue weighted by molar-refractivity contribution is 9.10. The van der Waals surface area contributed by atoms with E-state index in [9.17, 15) is 19.5 Å². The maximum atomic E-state index is 13.5. The van der Waals surface area contributed by atoms with Gasteiger partial charge in [-0.15, -0.1) is 0 Å². The van der Waals surface area contributed by atoms with Crippen LogP contribution in [0, 0.1) is 11.8 Å². The van der Waals surface area contributed by atoms with E-state index in [1.54, 1.807) is 19.1 Å². The number of aliphatic hydroxyl groups excluding tert-OH is 1. The van der Waals surface area contributed by atoms with Crippen molar-refractivity contribution in [2.75, 3.05) is 18.5 Å². The molecule has 154 valence electrons. The van der Waals surface area contributed by atoms with E-state index in [2.05, 4.69) is 26.6 Å². The van der Waals surface area contributed by atoms with Crippen LogP contribution in [0.25, 0.3) is 0 Å². The summed E-state index contributed by atoms with van der Waals surface area (Å²) in [5, 5.41) is 16.4. The number of anilines is 1. The van der Waals surface area contributed by atoms with Gasteiger partial charge in [0.05, 0.1) is 30.6 Å². The average molecular weight is 464 g/mol. The Morgan fingerprint density at radius 1 is 1.34 bits per heavy atom. The Hall–Kier alpha value is -1.81. The number of likely N-dealkylation sites (tertiary alicyclic amines) is 1. The Morgan fingerprint density at radius 3 is 2.83 bits per heavy atom. The molecular formula is C20H22BrN3O5. The molecule has 0 unspecified atom stereocenters. The quantitative estimate of drug-likeness (QED) is 0.570. The molecule has 9 heteroatoms. The van der Waals surface area contributed by atoms with Gasteiger partial charge in [-0.1, -0.05) is 15.9 Å². The molecule has 1 aromatic carbocycles. The number of halogens is 1. The predicted octanol–water partition coefficient (Wildman–Crippen LogP) is 0.729. The maximum Gasteiger partial charge on any atom is 0.250 e. The second-order valence-electron chi connectivity index (χ2n) is 8.29. The Morgan fingerprint density at radius 2 is 2.14 bits per heavy atom. The van der Waals surface area contributed by atoms with E-state index in [1.807, 2.05) is 6.07 Å². The molecule has 1 spiro atoms. The van der Waals surface area contributed by atoms with E-state index in [0.29, 0.717) is 17.9 Å². The lowest BCUT2D eigenvalue weighted by atomic mass is 9.76. The van der Waals surface area contributed by atoms with Crippen LogP contribution in [0.5, 0.6) is 0 Å². The third kappa shape index (κ3) is 2.57. The molecule has 4 heterocycles. The number of fused-ring (bicyclic) bond motifs is 4. The number of nitrogens with one attached hydrogen (secondary N) is 2. The topological polar surface area (TPSA) is 108 Å². The number of benzene rings is 1. The van der Waals surface area contributed by atoms with Crippen molar-refractivity contribution in [1.82, 2.24) is 10.2 Å². The first-order valence-corrected chi connectivity index (χ1v) is 10.7. The van der Waals surface area contributed by atoms with Crippen LogP contribution in [-0.2, 0) is 24.7 Å². The van der Waals surface area contributed by atoms with Gasteiger partial charge in [0, 0.05) is 28.4 Å². The van der Waals surface area contributed by atoms with Crippen molar-refractivity contribution in [2.24, 2.45) is 11.8 Å². The second-order valence-corrected chi connectivity index (χ2v) is 9.20. The summed E-state index contributed by atoms with van der Waals surface area (Å²) in [5.41, 5.74) is -0.160. The number of aliphatic hydroxyl groups is 1. The van der Waals surface area contributed by atoms with Crippen LogP contribution < -0.4 is 10.6 Å². The Labute approximate surface area is 176 Å².